The van der Waals surface area contributed by atoms with E-state index >= 15 is 0 Å². The summed E-state index contributed by atoms with van der Waals surface area (Å²) < 4.78 is 18.1. The number of nitrogen functional groups attached to an aromatic ring is 1. The van der Waals surface area contributed by atoms with E-state index in [9.17, 15) is 4.39 Å². The third-order valence-electron chi connectivity index (χ3n) is 1.59. The van der Waals surface area contributed by atoms with Crippen LogP contribution in [0.2, 0.25) is 0 Å². The normalized spacial score (nSPS) is 9.92. The molecule has 3 heteroatoms. The summed E-state index contributed by atoms with van der Waals surface area (Å²) in [6.07, 6.45) is 0. The van der Waals surface area contributed by atoms with Crippen LogP contribution in [-0.2, 0) is 0 Å². The lowest BCUT2D eigenvalue weighted by Crippen LogP contribution is -1.98. The van der Waals surface area contributed by atoms with Gasteiger partial charge in [-0.2, -0.15) is 0 Å². The van der Waals surface area contributed by atoms with Crippen LogP contribution in [0.15, 0.2) is 12.1 Å². The number of aryl methyl sites for hydroxylation is 1. The average molecular weight is 169 g/mol. The Morgan fingerprint density at radius 1 is 1.50 bits per heavy atom. The minimum Gasteiger partial charge on any atom is -0.492 e. The monoisotopic (exact) mass is 169 g/mol. The second kappa shape index (κ2) is 3.43. The highest BCUT2D eigenvalue weighted by Crippen LogP contribution is 2.24. The van der Waals surface area contributed by atoms with Crippen LogP contribution in [0.4, 0.5) is 10.1 Å². The van der Waals surface area contributed by atoms with E-state index < -0.39 is 0 Å². The van der Waals surface area contributed by atoms with Gasteiger partial charge in [0, 0.05) is 6.07 Å². The summed E-state index contributed by atoms with van der Waals surface area (Å²) in [5, 5.41) is 0. The summed E-state index contributed by atoms with van der Waals surface area (Å²) in [5.74, 6) is 0.133. The number of ether oxygens (including phenoxy) is 1. The molecule has 0 amide bonds. The number of halogens is 1. The molecule has 0 saturated heterocycles. The second-order valence-corrected chi connectivity index (χ2v) is 2.57. The maximum atomic E-state index is 12.9. The Bertz CT molecular complexity index is 286. The molecule has 2 nitrogen and oxygen atoms in total. The molecule has 0 saturated carbocycles. The first-order valence-electron chi connectivity index (χ1n) is 3.83. The fraction of sp³-hybridized carbons (Fsp3) is 0.333. The third-order valence-corrected chi connectivity index (χ3v) is 1.59. The van der Waals surface area contributed by atoms with E-state index in [2.05, 4.69) is 0 Å². The van der Waals surface area contributed by atoms with Crippen LogP contribution in [0.5, 0.6) is 5.75 Å². The molecule has 0 atom stereocenters. The Balaban J connectivity index is 3.05. The van der Waals surface area contributed by atoms with Crippen LogP contribution in [0.25, 0.3) is 0 Å². The Morgan fingerprint density at radius 3 is 2.75 bits per heavy atom. The van der Waals surface area contributed by atoms with Gasteiger partial charge in [-0.1, -0.05) is 0 Å². The highest BCUT2D eigenvalue weighted by atomic mass is 19.1. The first-order chi connectivity index (χ1) is 5.65. The van der Waals surface area contributed by atoms with E-state index in [1.54, 1.807) is 13.0 Å². The van der Waals surface area contributed by atoms with E-state index in [1.807, 2.05) is 6.92 Å². The molecule has 1 aromatic rings. The molecule has 0 bridgehead atoms. The van der Waals surface area contributed by atoms with E-state index in [-0.39, 0.29) is 5.82 Å². The van der Waals surface area contributed by atoms with Crippen molar-refractivity contribution in [2.75, 3.05) is 12.3 Å². The van der Waals surface area contributed by atoms with Gasteiger partial charge in [0.1, 0.15) is 11.6 Å². The molecule has 0 aliphatic carbocycles. The molecule has 12 heavy (non-hydrogen) atoms. The predicted octanol–water partition coefficient (Wildman–Crippen LogP) is 2.12. The number of benzene rings is 1. The van der Waals surface area contributed by atoms with Crippen molar-refractivity contribution in [3.05, 3.63) is 23.5 Å². The molecule has 0 unspecified atom stereocenters. The van der Waals surface area contributed by atoms with Crippen molar-refractivity contribution < 1.29 is 9.13 Å². The van der Waals surface area contributed by atoms with Crippen LogP contribution in [0.1, 0.15) is 12.5 Å². The molecule has 2 N–H and O–H groups in total. The lowest BCUT2D eigenvalue weighted by atomic mass is 10.2. The van der Waals surface area contributed by atoms with Crippen LogP contribution in [-0.4, -0.2) is 6.61 Å². The standard InChI is InChI=1S/C9H12FNO/c1-3-12-9-5-7(10)6(2)4-8(9)11/h4-5H,3,11H2,1-2H3. The number of rotatable bonds is 2. The van der Waals surface area contributed by atoms with Crippen molar-refractivity contribution >= 4 is 5.69 Å². The van der Waals surface area contributed by atoms with Gasteiger partial charge in [0.15, 0.2) is 0 Å². The molecule has 66 valence electrons. The summed E-state index contributed by atoms with van der Waals surface area (Å²) in [6, 6.07) is 2.88. The Morgan fingerprint density at radius 2 is 2.17 bits per heavy atom. The summed E-state index contributed by atoms with van der Waals surface area (Å²) in [6.45, 7) is 3.99. The maximum Gasteiger partial charge on any atom is 0.145 e. The van der Waals surface area contributed by atoms with E-state index in [0.29, 0.717) is 23.6 Å². The fourth-order valence-electron chi connectivity index (χ4n) is 0.966. The number of hydrogen-bond donors (Lipinski definition) is 1. The zero-order valence-electron chi connectivity index (χ0n) is 7.23. The Kier molecular flexibility index (Phi) is 2.53. The van der Waals surface area contributed by atoms with Crippen molar-refractivity contribution in [3.63, 3.8) is 0 Å². The van der Waals surface area contributed by atoms with Gasteiger partial charge in [0.25, 0.3) is 0 Å². The molecule has 0 heterocycles. The van der Waals surface area contributed by atoms with Gasteiger partial charge in [-0.3, -0.25) is 0 Å². The average Bonchev–Trinajstić information content (AvgIpc) is 2.01. The third kappa shape index (κ3) is 1.67. The van der Waals surface area contributed by atoms with Crippen LogP contribution in [0.3, 0.4) is 0 Å². The SMILES string of the molecule is CCOc1cc(F)c(C)cc1N. The summed E-state index contributed by atoms with van der Waals surface area (Å²) in [7, 11) is 0. The molecule has 0 aliphatic rings. The highest BCUT2D eigenvalue weighted by molar-refractivity contribution is 5.54. The fourth-order valence-corrected chi connectivity index (χ4v) is 0.966. The zero-order chi connectivity index (χ0) is 9.14. The first-order valence-corrected chi connectivity index (χ1v) is 3.83. The molecule has 1 aromatic carbocycles. The first kappa shape index (κ1) is 8.84. The number of hydrogen-bond acceptors (Lipinski definition) is 2. The van der Waals surface area contributed by atoms with Crippen molar-refractivity contribution in [2.45, 2.75) is 13.8 Å². The predicted molar refractivity (Wildman–Crippen MR) is 46.7 cm³/mol. The minimum absolute atomic E-state index is 0.285. The van der Waals surface area contributed by atoms with Gasteiger partial charge < -0.3 is 10.5 Å². The van der Waals surface area contributed by atoms with Crippen molar-refractivity contribution in [1.82, 2.24) is 0 Å². The molecule has 0 aromatic heterocycles. The van der Waals surface area contributed by atoms with Gasteiger partial charge in [-0.25, -0.2) is 4.39 Å². The zero-order valence-corrected chi connectivity index (χ0v) is 7.23. The van der Waals surface area contributed by atoms with Crippen molar-refractivity contribution in [1.29, 1.82) is 0 Å². The van der Waals surface area contributed by atoms with Gasteiger partial charge in [-0.15, -0.1) is 0 Å². The number of anilines is 1. The summed E-state index contributed by atoms with van der Waals surface area (Å²) >= 11 is 0. The van der Waals surface area contributed by atoms with Crippen LogP contribution >= 0.6 is 0 Å². The van der Waals surface area contributed by atoms with E-state index in [1.165, 1.54) is 6.07 Å². The summed E-state index contributed by atoms with van der Waals surface area (Å²) in [4.78, 5) is 0. The largest absolute Gasteiger partial charge is 0.492 e. The van der Waals surface area contributed by atoms with Gasteiger partial charge in [0.05, 0.1) is 12.3 Å². The Labute approximate surface area is 71.1 Å². The molecule has 0 fully saturated rings. The van der Waals surface area contributed by atoms with Gasteiger partial charge >= 0.3 is 0 Å². The van der Waals surface area contributed by atoms with Crippen LogP contribution in [0, 0.1) is 12.7 Å². The van der Waals surface area contributed by atoms with Crippen molar-refractivity contribution in [3.8, 4) is 5.75 Å². The molecular weight excluding hydrogens is 157 g/mol. The van der Waals surface area contributed by atoms with E-state index in [0.717, 1.165) is 0 Å². The lowest BCUT2D eigenvalue weighted by Gasteiger charge is -2.07. The van der Waals surface area contributed by atoms with Crippen LogP contribution < -0.4 is 10.5 Å². The molecule has 0 aliphatic heterocycles. The topological polar surface area (TPSA) is 35.2 Å². The second-order valence-electron chi connectivity index (χ2n) is 2.57. The quantitative estimate of drug-likeness (QED) is 0.688. The molecular formula is C9H12FNO. The van der Waals surface area contributed by atoms with Crippen molar-refractivity contribution in [2.24, 2.45) is 0 Å². The smallest absolute Gasteiger partial charge is 0.145 e. The van der Waals surface area contributed by atoms with E-state index in [4.69, 9.17) is 10.5 Å². The molecule has 1 rings (SSSR count). The lowest BCUT2D eigenvalue weighted by molar-refractivity contribution is 0.340. The maximum absolute atomic E-state index is 12.9. The molecule has 0 radical (unpaired) electrons. The minimum atomic E-state index is -0.285. The van der Waals surface area contributed by atoms with Gasteiger partial charge in [-0.05, 0) is 25.5 Å². The summed E-state index contributed by atoms with van der Waals surface area (Å²) in [5.41, 5.74) is 6.60. The van der Waals surface area contributed by atoms with Gasteiger partial charge in [0.2, 0.25) is 0 Å². The highest BCUT2D eigenvalue weighted by Gasteiger charge is 2.04. The molecule has 0 spiro atoms. The number of nitrogens with two attached hydrogens (primary N) is 1. The Hall–Kier alpha value is -1.25.